The van der Waals surface area contributed by atoms with Crippen LogP contribution < -0.4 is 11.1 Å². The molecular formula is C19H25BrN4O5. The van der Waals surface area contributed by atoms with Crippen LogP contribution in [0.25, 0.3) is 11.1 Å². The van der Waals surface area contributed by atoms with Gasteiger partial charge in [0.05, 0.1) is 37.4 Å². The van der Waals surface area contributed by atoms with E-state index in [0.29, 0.717) is 44.4 Å². The zero-order valence-electron chi connectivity index (χ0n) is 16.0. The smallest absolute Gasteiger partial charge is 0.355 e. The largest absolute Gasteiger partial charge is 0.461 e. The lowest BCUT2D eigenvalue weighted by Gasteiger charge is -2.16. The number of esters is 1. The number of aromatic nitrogens is 1. The van der Waals surface area contributed by atoms with Gasteiger partial charge < -0.3 is 36.1 Å². The van der Waals surface area contributed by atoms with E-state index in [0.717, 1.165) is 0 Å². The summed E-state index contributed by atoms with van der Waals surface area (Å²) in [6.45, 7) is 1.23. The maximum Gasteiger partial charge on any atom is 0.355 e. The second-order valence-corrected chi connectivity index (χ2v) is 7.07. The molecule has 0 aliphatic rings. The van der Waals surface area contributed by atoms with Crippen molar-refractivity contribution < 1.29 is 24.9 Å². The number of hydrogen-bond donors (Lipinski definition) is 7. The minimum atomic E-state index is -0.547. The number of carbonyl (C=O) groups is 1. The topological polar surface area (TPSA) is 165 Å². The van der Waals surface area contributed by atoms with E-state index >= 15 is 0 Å². The Balaban J connectivity index is 2.68. The number of nitrogens with one attached hydrogen (secondary N) is 3. The van der Waals surface area contributed by atoms with E-state index in [4.69, 9.17) is 15.9 Å². The molecule has 2 rings (SSSR count). The number of nitrogens with two attached hydrogens (primary N) is 1. The van der Waals surface area contributed by atoms with Crippen molar-refractivity contribution >= 4 is 27.9 Å². The van der Waals surface area contributed by atoms with Crippen LogP contribution in [0, 0.1) is 5.41 Å². The zero-order chi connectivity index (χ0) is 21.6. The summed E-state index contributed by atoms with van der Waals surface area (Å²) in [6, 6.07) is 3.35. The summed E-state index contributed by atoms with van der Waals surface area (Å²) in [7, 11) is 0. The molecule has 1 heterocycles. The Hall–Kier alpha value is -2.40. The van der Waals surface area contributed by atoms with Crippen molar-refractivity contribution in [2.45, 2.75) is 39.7 Å². The van der Waals surface area contributed by atoms with Gasteiger partial charge in [-0.2, -0.15) is 0 Å². The van der Waals surface area contributed by atoms with E-state index in [-0.39, 0.29) is 44.6 Å². The fourth-order valence-corrected chi connectivity index (χ4v) is 3.75. The average molecular weight is 469 g/mol. The molecule has 10 heteroatoms. The number of aromatic amines is 1. The minimum absolute atomic E-state index is 0.116. The van der Waals surface area contributed by atoms with Crippen LogP contribution in [0.15, 0.2) is 16.6 Å². The Morgan fingerprint density at radius 1 is 1.24 bits per heavy atom. The lowest BCUT2D eigenvalue weighted by atomic mass is 9.92. The molecule has 0 bridgehead atoms. The molecule has 1 aromatic heterocycles. The molecule has 0 saturated carbocycles. The van der Waals surface area contributed by atoms with E-state index in [9.17, 15) is 20.1 Å². The van der Waals surface area contributed by atoms with Gasteiger partial charge in [-0.15, -0.1) is 0 Å². The molecular weight excluding hydrogens is 444 g/mol. The van der Waals surface area contributed by atoms with Crippen LogP contribution in [0.2, 0.25) is 0 Å². The molecule has 0 aliphatic heterocycles. The number of halogens is 1. The lowest BCUT2D eigenvalue weighted by molar-refractivity contribution is 0.0497. The molecule has 9 nitrogen and oxygen atoms in total. The first kappa shape index (κ1) is 22.9. The highest BCUT2D eigenvalue weighted by atomic mass is 79.9. The van der Waals surface area contributed by atoms with Gasteiger partial charge in [0, 0.05) is 11.3 Å². The number of ether oxygens (including phenoxy) is 1. The van der Waals surface area contributed by atoms with Crippen molar-refractivity contribution in [1.29, 1.82) is 5.41 Å². The second kappa shape index (κ2) is 10.4. The molecule has 158 valence electrons. The number of hydrogen-bond acceptors (Lipinski definition) is 6. The monoisotopic (exact) mass is 468 g/mol. The third-order valence-electron chi connectivity index (χ3n) is 4.40. The molecule has 0 unspecified atom stereocenters. The summed E-state index contributed by atoms with van der Waals surface area (Å²) in [5.74, 6) is -0.792. The quantitative estimate of drug-likeness (QED) is 0.166. The Bertz CT molecular complexity index is 897. The van der Waals surface area contributed by atoms with Gasteiger partial charge in [-0.05, 0) is 44.6 Å². The maximum atomic E-state index is 12.4. The molecule has 1 aromatic carbocycles. The van der Waals surface area contributed by atoms with E-state index in [2.05, 4.69) is 26.2 Å². The standard InChI is InChI=1S/C19H25BrN4O5/c1-2-5-29-18(28)17-16(20)15(14(24-17)6-23-19(21)22)11-4-3-10(7-25)12(8-26)13(11)9-27/h3-4,24-27H,2,5-9H2,1H3,(H4,21,22,23). The summed E-state index contributed by atoms with van der Waals surface area (Å²) in [6.07, 6.45) is 0.673. The van der Waals surface area contributed by atoms with Crippen LogP contribution >= 0.6 is 15.9 Å². The number of aliphatic hydroxyl groups is 3. The second-order valence-electron chi connectivity index (χ2n) is 6.27. The first-order valence-corrected chi connectivity index (χ1v) is 9.80. The van der Waals surface area contributed by atoms with Crippen LogP contribution in [-0.2, 0) is 31.1 Å². The molecule has 2 aromatic rings. The Labute approximate surface area is 176 Å². The average Bonchev–Trinajstić information content (AvgIpc) is 3.05. The summed E-state index contributed by atoms with van der Waals surface area (Å²) in [5.41, 5.74) is 8.58. The minimum Gasteiger partial charge on any atom is -0.461 e. The molecule has 0 saturated heterocycles. The Morgan fingerprint density at radius 2 is 1.93 bits per heavy atom. The molecule has 29 heavy (non-hydrogen) atoms. The van der Waals surface area contributed by atoms with Gasteiger partial charge in [-0.25, -0.2) is 4.79 Å². The van der Waals surface area contributed by atoms with Crippen LogP contribution in [0.3, 0.4) is 0 Å². The highest BCUT2D eigenvalue weighted by Gasteiger charge is 2.25. The van der Waals surface area contributed by atoms with Gasteiger partial charge in [-0.1, -0.05) is 19.1 Å². The highest BCUT2D eigenvalue weighted by Crippen LogP contribution is 2.39. The molecule has 0 fully saturated rings. The van der Waals surface area contributed by atoms with Gasteiger partial charge in [0.2, 0.25) is 0 Å². The molecule has 8 N–H and O–H groups in total. The van der Waals surface area contributed by atoms with E-state index in [1.54, 1.807) is 12.1 Å². The van der Waals surface area contributed by atoms with Crippen molar-refractivity contribution in [2.24, 2.45) is 5.73 Å². The van der Waals surface area contributed by atoms with Crippen molar-refractivity contribution in [3.63, 3.8) is 0 Å². The van der Waals surface area contributed by atoms with Crippen molar-refractivity contribution in [2.75, 3.05) is 6.61 Å². The lowest BCUT2D eigenvalue weighted by Crippen LogP contribution is -2.29. The fraction of sp³-hybridized carbons (Fsp3) is 0.368. The molecule has 0 spiro atoms. The number of carbonyl (C=O) groups excluding carboxylic acids is 1. The van der Waals surface area contributed by atoms with E-state index in [1.165, 1.54) is 0 Å². The van der Waals surface area contributed by atoms with Crippen molar-refractivity contribution in [3.8, 4) is 11.1 Å². The van der Waals surface area contributed by atoms with Crippen LogP contribution in [0.4, 0.5) is 0 Å². The number of aliphatic hydroxyl groups excluding tert-OH is 3. The first-order valence-electron chi connectivity index (χ1n) is 9.01. The predicted octanol–water partition coefficient (Wildman–Crippen LogP) is 1.47. The van der Waals surface area contributed by atoms with Gasteiger partial charge in [0.25, 0.3) is 0 Å². The third kappa shape index (κ3) is 4.96. The Kier molecular flexibility index (Phi) is 8.21. The summed E-state index contributed by atoms with van der Waals surface area (Å²) in [5, 5.41) is 39.3. The van der Waals surface area contributed by atoms with Crippen molar-refractivity contribution in [1.82, 2.24) is 10.3 Å². The van der Waals surface area contributed by atoms with E-state index < -0.39 is 5.97 Å². The molecule has 0 radical (unpaired) electrons. The number of guanidine groups is 1. The van der Waals surface area contributed by atoms with Crippen LogP contribution in [0.1, 0.15) is 46.2 Å². The number of H-pyrrole nitrogens is 1. The highest BCUT2D eigenvalue weighted by molar-refractivity contribution is 9.10. The van der Waals surface area contributed by atoms with Crippen molar-refractivity contribution in [3.05, 3.63) is 44.7 Å². The first-order chi connectivity index (χ1) is 13.9. The summed E-state index contributed by atoms with van der Waals surface area (Å²) >= 11 is 3.45. The van der Waals surface area contributed by atoms with E-state index in [1.807, 2.05) is 6.92 Å². The van der Waals surface area contributed by atoms with Gasteiger partial charge in [0.15, 0.2) is 5.96 Å². The normalized spacial score (nSPS) is 10.8. The summed E-state index contributed by atoms with van der Waals surface area (Å²) in [4.78, 5) is 15.4. The zero-order valence-corrected chi connectivity index (χ0v) is 17.6. The van der Waals surface area contributed by atoms with Gasteiger partial charge in [0.1, 0.15) is 5.69 Å². The number of rotatable bonds is 9. The predicted molar refractivity (Wildman–Crippen MR) is 111 cm³/mol. The molecule has 0 aliphatic carbocycles. The summed E-state index contributed by atoms with van der Waals surface area (Å²) < 4.78 is 5.64. The molecule has 0 atom stereocenters. The molecule has 0 amide bonds. The third-order valence-corrected chi connectivity index (χ3v) is 5.19. The van der Waals surface area contributed by atoms with Gasteiger partial charge in [-0.3, -0.25) is 5.41 Å². The van der Waals surface area contributed by atoms with Crippen LogP contribution in [-0.4, -0.2) is 38.8 Å². The van der Waals surface area contributed by atoms with Crippen LogP contribution in [0.5, 0.6) is 0 Å². The fourth-order valence-electron chi connectivity index (χ4n) is 3.03. The maximum absolute atomic E-state index is 12.4. The Morgan fingerprint density at radius 3 is 2.48 bits per heavy atom. The SMILES string of the molecule is CCCOC(=O)c1[nH]c(CNC(=N)N)c(-c2ccc(CO)c(CO)c2CO)c1Br. The number of benzene rings is 1. The van der Waals surface area contributed by atoms with Gasteiger partial charge >= 0.3 is 5.97 Å².